The summed E-state index contributed by atoms with van der Waals surface area (Å²) in [6, 6.07) is -0.454. The number of hydrogen-bond acceptors (Lipinski definition) is 3. The number of amides is 1. The fraction of sp³-hybridized carbons (Fsp3) is 0.846. The number of fused-ring (bicyclic) bond motifs is 1. The Kier molecular flexibility index (Phi) is 4.22. The molecule has 5 nitrogen and oxygen atoms in total. The molecule has 1 amide bonds. The monoisotopic (exact) mass is 254 g/mol. The molecule has 3 atom stereocenters. The molecule has 0 bridgehead atoms. The Bertz CT molecular complexity index is 332. The molecule has 3 unspecified atom stereocenters. The second-order valence-corrected chi connectivity index (χ2v) is 5.42. The maximum atomic E-state index is 11.7. The summed E-state index contributed by atoms with van der Waals surface area (Å²) in [5.74, 6) is -0.0951. The number of nitrogens with one attached hydrogen (secondary N) is 1. The molecule has 0 radical (unpaired) electrons. The number of carbonyl (C=O) groups excluding carboxylic acids is 1. The van der Waals surface area contributed by atoms with Gasteiger partial charge in [0.15, 0.2) is 0 Å². The molecule has 5 heteroatoms. The lowest BCUT2D eigenvalue weighted by atomic mass is 9.94. The predicted molar refractivity (Wildman–Crippen MR) is 67.1 cm³/mol. The summed E-state index contributed by atoms with van der Waals surface area (Å²) in [6.45, 7) is 3.66. The third-order valence-corrected chi connectivity index (χ3v) is 4.16. The van der Waals surface area contributed by atoms with Gasteiger partial charge >= 0.3 is 5.97 Å². The highest BCUT2D eigenvalue weighted by atomic mass is 16.4. The van der Waals surface area contributed by atoms with Crippen LogP contribution in [0, 0.1) is 11.8 Å². The van der Waals surface area contributed by atoms with E-state index in [4.69, 9.17) is 0 Å². The van der Waals surface area contributed by atoms with Gasteiger partial charge in [0.1, 0.15) is 6.04 Å². The van der Waals surface area contributed by atoms with E-state index in [1.807, 2.05) is 11.8 Å². The smallest absolute Gasteiger partial charge is 0.321 e. The van der Waals surface area contributed by atoms with Crippen LogP contribution in [0.2, 0.25) is 0 Å². The van der Waals surface area contributed by atoms with E-state index in [-0.39, 0.29) is 18.4 Å². The van der Waals surface area contributed by atoms with Crippen LogP contribution in [0.5, 0.6) is 0 Å². The molecule has 2 N–H and O–H groups in total. The zero-order valence-electron chi connectivity index (χ0n) is 10.9. The highest BCUT2D eigenvalue weighted by Gasteiger charge is 2.47. The van der Waals surface area contributed by atoms with Crippen molar-refractivity contribution in [3.05, 3.63) is 0 Å². The summed E-state index contributed by atoms with van der Waals surface area (Å²) in [6.07, 6.45) is 4.14. The number of aliphatic carboxylic acids is 1. The second kappa shape index (κ2) is 5.69. The molecule has 1 heterocycles. The third-order valence-electron chi connectivity index (χ3n) is 4.16. The first kappa shape index (κ1) is 13.3. The van der Waals surface area contributed by atoms with E-state index in [2.05, 4.69) is 5.32 Å². The van der Waals surface area contributed by atoms with Crippen molar-refractivity contribution in [1.82, 2.24) is 10.2 Å². The molecule has 0 aromatic carbocycles. The van der Waals surface area contributed by atoms with Gasteiger partial charge in [-0.05, 0) is 31.1 Å². The maximum Gasteiger partial charge on any atom is 0.321 e. The van der Waals surface area contributed by atoms with Crippen LogP contribution >= 0.6 is 0 Å². The third kappa shape index (κ3) is 2.66. The fourth-order valence-corrected chi connectivity index (χ4v) is 3.40. The van der Waals surface area contributed by atoms with Crippen molar-refractivity contribution in [2.75, 3.05) is 19.6 Å². The first-order chi connectivity index (χ1) is 8.63. The van der Waals surface area contributed by atoms with Crippen LogP contribution in [0.25, 0.3) is 0 Å². The maximum absolute atomic E-state index is 11.7. The van der Waals surface area contributed by atoms with E-state index < -0.39 is 12.0 Å². The van der Waals surface area contributed by atoms with Gasteiger partial charge in [-0.3, -0.25) is 14.5 Å². The standard InChI is InChI=1S/C13H22N2O3/c1-2-6-14-11(16)8-15-7-9-4-3-5-10(9)12(15)13(17)18/h9-10,12H,2-8H2,1H3,(H,14,16)(H,17,18). The summed E-state index contributed by atoms with van der Waals surface area (Å²) in [4.78, 5) is 24.9. The minimum absolute atomic E-state index is 0.0527. The van der Waals surface area contributed by atoms with Crippen molar-refractivity contribution in [3.63, 3.8) is 0 Å². The average molecular weight is 254 g/mol. The quantitative estimate of drug-likeness (QED) is 0.757. The number of carbonyl (C=O) groups is 2. The molecule has 0 spiro atoms. The summed E-state index contributed by atoms with van der Waals surface area (Å²) in [5.41, 5.74) is 0. The number of carboxylic acid groups (broad SMARTS) is 1. The van der Waals surface area contributed by atoms with Gasteiger partial charge in [-0.2, -0.15) is 0 Å². The van der Waals surface area contributed by atoms with Gasteiger partial charge in [0.2, 0.25) is 5.91 Å². The van der Waals surface area contributed by atoms with E-state index in [1.54, 1.807) is 0 Å². The molecular formula is C13H22N2O3. The molecule has 0 aromatic rings. The van der Waals surface area contributed by atoms with Crippen molar-refractivity contribution in [1.29, 1.82) is 0 Å². The van der Waals surface area contributed by atoms with Crippen LogP contribution in [-0.4, -0.2) is 47.6 Å². The zero-order chi connectivity index (χ0) is 13.1. The van der Waals surface area contributed by atoms with Crippen LogP contribution in [-0.2, 0) is 9.59 Å². The number of carboxylic acids is 1. The molecule has 1 aliphatic heterocycles. The van der Waals surface area contributed by atoms with Crippen molar-refractivity contribution >= 4 is 11.9 Å². The van der Waals surface area contributed by atoms with Crippen LogP contribution in [0.1, 0.15) is 32.6 Å². The molecule has 2 fully saturated rings. The number of hydrogen-bond donors (Lipinski definition) is 2. The normalized spacial score (nSPS) is 31.3. The fourth-order valence-electron chi connectivity index (χ4n) is 3.40. The summed E-state index contributed by atoms with van der Waals surface area (Å²) < 4.78 is 0. The van der Waals surface area contributed by atoms with E-state index >= 15 is 0 Å². The number of rotatable bonds is 5. The van der Waals surface area contributed by atoms with Crippen LogP contribution < -0.4 is 5.32 Å². The molecule has 2 rings (SSSR count). The molecule has 1 saturated heterocycles. The van der Waals surface area contributed by atoms with Gasteiger partial charge in [-0.1, -0.05) is 13.3 Å². The summed E-state index contributed by atoms with van der Waals surface area (Å²) in [7, 11) is 0. The van der Waals surface area contributed by atoms with Gasteiger partial charge < -0.3 is 10.4 Å². The van der Waals surface area contributed by atoms with Gasteiger partial charge in [-0.15, -0.1) is 0 Å². The highest BCUT2D eigenvalue weighted by molar-refractivity contribution is 5.80. The minimum Gasteiger partial charge on any atom is -0.480 e. The topological polar surface area (TPSA) is 69.6 Å². The van der Waals surface area contributed by atoms with Crippen LogP contribution in [0.3, 0.4) is 0 Å². The Balaban J connectivity index is 1.95. The molecule has 1 aliphatic carbocycles. The van der Waals surface area contributed by atoms with Crippen molar-refractivity contribution < 1.29 is 14.7 Å². The predicted octanol–water partition coefficient (Wildman–Crippen LogP) is 0.698. The molecule has 1 saturated carbocycles. The molecule has 0 aromatic heterocycles. The van der Waals surface area contributed by atoms with E-state index in [9.17, 15) is 14.7 Å². The van der Waals surface area contributed by atoms with E-state index in [0.29, 0.717) is 12.5 Å². The van der Waals surface area contributed by atoms with E-state index in [0.717, 1.165) is 32.2 Å². The Morgan fingerprint density at radius 2 is 2.17 bits per heavy atom. The summed E-state index contributed by atoms with van der Waals surface area (Å²) >= 11 is 0. The average Bonchev–Trinajstić information content (AvgIpc) is 2.85. The Morgan fingerprint density at radius 1 is 1.39 bits per heavy atom. The highest BCUT2D eigenvalue weighted by Crippen LogP contribution is 2.41. The second-order valence-electron chi connectivity index (χ2n) is 5.42. The van der Waals surface area contributed by atoms with Crippen molar-refractivity contribution in [2.24, 2.45) is 11.8 Å². The number of nitrogens with zero attached hydrogens (tertiary/aromatic N) is 1. The SMILES string of the molecule is CCCNC(=O)CN1CC2CCCC2C1C(=O)O. The molecule has 2 aliphatic rings. The van der Waals surface area contributed by atoms with Crippen LogP contribution in [0.4, 0.5) is 0 Å². The van der Waals surface area contributed by atoms with Crippen LogP contribution in [0.15, 0.2) is 0 Å². The first-order valence-corrected chi connectivity index (χ1v) is 6.87. The Morgan fingerprint density at radius 3 is 2.83 bits per heavy atom. The lowest BCUT2D eigenvalue weighted by Gasteiger charge is -2.23. The minimum atomic E-state index is -0.771. The molecular weight excluding hydrogens is 232 g/mol. The van der Waals surface area contributed by atoms with Gasteiger partial charge in [0.25, 0.3) is 0 Å². The van der Waals surface area contributed by atoms with Crippen molar-refractivity contribution in [2.45, 2.75) is 38.6 Å². The first-order valence-electron chi connectivity index (χ1n) is 6.87. The zero-order valence-corrected chi connectivity index (χ0v) is 10.9. The Hall–Kier alpha value is -1.10. The lowest BCUT2D eigenvalue weighted by Crippen LogP contribution is -2.45. The largest absolute Gasteiger partial charge is 0.480 e. The summed E-state index contributed by atoms with van der Waals surface area (Å²) in [5, 5.41) is 12.2. The molecule has 102 valence electrons. The Labute approximate surface area is 108 Å². The molecule has 18 heavy (non-hydrogen) atoms. The number of likely N-dealkylation sites (tertiary alicyclic amines) is 1. The van der Waals surface area contributed by atoms with Gasteiger partial charge in [-0.25, -0.2) is 0 Å². The van der Waals surface area contributed by atoms with E-state index in [1.165, 1.54) is 0 Å². The van der Waals surface area contributed by atoms with Crippen molar-refractivity contribution in [3.8, 4) is 0 Å². The van der Waals surface area contributed by atoms with Gasteiger partial charge in [0.05, 0.1) is 6.54 Å². The van der Waals surface area contributed by atoms with Gasteiger partial charge in [0, 0.05) is 13.1 Å². The lowest BCUT2D eigenvalue weighted by molar-refractivity contribution is -0.144.